The van der Waals surface area contributed by atoms with Crippen molar-refractivity contribution in [3.8, 4) is 0 Å². The van der Waals surface area contributed by atoms with Crippen LogP contribution in [-0.2, 0) is 65.4 Å². The molecule has 3 unspecified atom stereocenters. The summed E-state index contributed by atoms with van der Waals surface area (Å²) < 4.78 is 68.6. The van der Waals surface area contributed by atoms with Gasteiger partial charge in [0.2, 0.25) is 0 Å². The van der Waals surface area contributed by atoms with Crippen LogP contribution in [0.1, 0.15) is 382 Å². The smallest absolute Gasteiger partial charge is 0.462 e. The van der Waals surface area contributed by atoms with Gasteiger partial charge in [-0.2, -0.15) is 0 Å². The summed E-state index contributed by atoms with van der Waals surface area (Å²) in [6.07, 6.45) is 68.4. The van der Waals surface area contributed by atoms with Crippen LogP contribution in [0.15, 0.2) is 48.6 Å². The summed E-state index contributed by atoms with van der Waals surface area (Å²) in [6.45, 7) is 9.48. The second-order valence-electron chi connectivity index (χ2n) is 28.9. The van der Waals surface area contributed by atoms with Gasteiger partial charge in [-0.1, -0.05) is 328 Å². The van der Waals surface area contributed by atoms with Gasteiger partial charge in [0.05, 0.1) is 26.4 Å². The maximum Gasteiger partial charge on any atom is 0.472 e. The average molecular weight is 1470 g/mol. The molecule has 0 aromatic heterocycles. The summed E-state index contributed by atoms with van der Waals surface area (Å²) in [5, 5.41) is 10.6. The molecule has 0 fully saturated rings. The molecule has 0 aliphatic carbocycles. The third-order valence-corrected chi connectivity index (χ3v) is 20.2. The summed E-state index contributed by atoms with van der Waals surface area (Å²) in [5.41, 5.74) is 0. The molecule has 0 aliphatic heterocycles. The molecule has 0 radical (unpaired) electrons. The molecule has 0 saturated carbocycles. The fourth-order valence-electron chi connectivity index (χ4n) is 11.6. The first-order chi connectivity index (χ1) is 48.9. The maximum absolute atomic E-state index is 13.1. The Bertz CT molecular complexity index is 2130. The van der Waals surface area contributed by atoms with E-state index < -0.39 is 97.5 Å². The van der Waals surface area contributed by atoms with Gasteiger partial charge in [0.25, 0.3) is 0 Å². The van der Waals surface area contributed by atoms with Gasteiger partial charge in [-0.3, -0.25) is 37.3 Å². The summed E-state index contributed by atoms with van der Waals surface area (Å²) in [7, 11) is -9.94. The maximum atomic E-state index is 13.1. The van der Waals surface area contributed by atoms with Crippen molar-refractivity contribution >= 4 is 39.5 Å². The van der Waals surface area contributed by atoms with Crippen LogP contribution in [0.3, 0.4) is 0 Å². The molecular weight excluding hydrogens is 1320 g/mol. The quantitative estimate of drug-likeness (QED) is 0.0169. The van der Waals surface area contributed by atoms with E-state index in [0.29, 0.717) is 31.6 Å². The molecule has 3 N–H and O–H groups in total. The number of hydrogen-bond donors (Lipinski definition) is 3. The van der Waals surface area contributed by atoms with Crippen LogP contribution in [0.4, 0.5) is 0 Å². The van der Waals surface area contributed by atoms with Gasteiger partial charge in [0.1, 0.15) is 19.3 Å². The van der Waals surface area contributed by atoms with Gasteiger partial charge in [0, 0.05) is 25.7 Å². The molecule has 0 aliphatic rings. The molecule has 0 rings (SSSR count). The number of carbonyl (C=O) groups is 4. The number of unbranched alkanes of at least 4 members (excludes halogenated alkanes) is 40. The SMILES string of the molecule is CCCCCC/C=C\C=C/CCCCCCCC(=O)OC[C@H](COP(=O)(O)OC[C@@H](O)COP(=O)(O)OC[C@@H](COC(=O)CCCCCCCCC(C)C)OC(=O)CCCCCCC/C=C\C=C/CCCCCC)OC(=O)CCCCCCCCCCCCCCCCCCCCC(C)CC. The van der Waals surface area contributed by atoms with E-state index in [2.05, 4.69) is 90.2 Å². The van der Waals surface area contributed by atoms with Crippen molar-refractivity contribution in [1.29, 1.82) is 0 Å². The monoisotopic (exact) mass is 1470 g/mol. The number of phosphoric acid groups is 2. The van der Waals surface area contributed by atoms with Gasteiger partial charge in [-0.15, -0.1) is 0 Å². The minimum Gasteiger partial charge on any atom is -0.462 e. The third-order valence-electron chi connectivity index (χ3n) is 18.3. The topological polar surface area (TPSA) is 237 Å². The van der Waals surface area contributed by atoms with E-state index in [4.69, 9.17) is 37.0 Å². The van der Waals surface area contributed by atoms with Crippen molar-refractivity contribution in [3.63, 3.8) is 0 Å². The van der Waals surface area contributed by atoms with E-state index in [9.17, 15) is 43.2 Å². The number of esters is 4. The third kappa shape index (κ3) is 73.7. The summed E-state index contributed by atoms with van der Waals surface area (Å²) >= 11 is 0. The zero-order chi connectivity index (χ0) is 74.2. The number of carbonyl (C=O) groups excluding carboxylic acids is 4. The number of hydrogen-bond acceptors (Lipinski definition) is 15. The number of ether oxygens (including phenoxy) is 4. The van der Waals surface area contributed by atoms with E-state index >= 15 is 0 Å². The van der Waals surface area contributed by atoms with Crippen LogP contribution in [0.25, 0.3) is 0 Å². The van der Waals surface area contributed by atoms with Crippen molar-refractivity contribution in [2.24, 2.45) is 11.8 Å². The lowest BCUT2D eigenvalue weighted by Gasteiger charge is -2.21. The Kier molecular flexibility index (Phi) is 70.4. The second kappa shape index (κ2) is 72.6. The lowest BCUT2D eigenvalue weighted by molar-refractivity contribution is -0.161. The minimum atomic E-state index is -4.97. The predicted molar refractivity (Wildman–Crippen MR) is 413 cm³/mol. The number of aliphatic hydroxyl groups is 1. The van der Waals surface area contributed by atoms with E-state index in [-0.39, 0.29) is 25.7 Å². The van der Waals surface area contributed by atoms with Gasteiger partial charge in [0.15, 0.2) is 12.2 Å². The number of phosphoric ester groups is 2. The molecule has 101 heavy (non-hydrogen) atoms. The molecule has 6 atom stereocenters. The Morgan fingerprint density at radius 3 is 0.881 bits per heavy atom. The van der Waals surface area contributed by atoms with Gasteiger partial charge >= 0.3 is 39.5 Å². The molecule has 0 amide bonds. The van der Waals surface area contributed by atoms with Crippen molar-refractivity contribution in [2.75, 3.05) is 39.6 Å². The Morgan fingerprint density at radius 2 is 0.584 bits per heavy atom. The molecular formula is C82H152O17P2. The Morgan fingerprint density at radius 1 is 0.327 bits per heavy atom. The average Bonchev–Trinajstić information content (AvgIpc) is 0.941. The minimum absolute atomic E-state index is 0.0817. The highest BCUT2D eigenvalue weighted by atomic mass is 31.2. The summed E-state index contributed by atoms with van der Waals surface area (Å²) in [5.74, 6) is -0.630. The zero-order valence-corrected chi connectivity index (χ0v) is 67.0. The number of rotatable bonds is 77. The largest absolute Gasteiger partial charge is 0.472 e. The lowest BCUT2D eigenvalue weighted by atomic mass is 9.99. The Balaban J connectivity index is 5.26. The van der Waals surface area contributed by atoms with Crippen LogP contribution in [0, 0.1) is 11.8 Å². The lowest BCUT2D eigenvalue weighted by Crippen LogP contribution is -2.30. The van der Waals surface area contributed by atoms with E-state index in [1.54, 1.807) is 0 Å². The Hall–Kier alpha value is -2.98. The highest BCUT2D eigenvalue weighted by Gasteiger charge is 2.30. The first kappa shape index (κ1) is 98.0. The summed E-state index contributed by atoms with van der Waals surface area (Å²) in [4.78, 5) is 72.9. The molecule has 0 aromatic rings. The van der Waals surface area contributed by atoms with Gasteiger partial charge in [-0.05, 0) is 88.9 Å². The number of allylic oxidation sites excluding steroid dienone is 8. The second-order valence-corrected chi connectivity index (χ2v) is 31.8. The number of aliphatic hydroxyl groups excluding tert-OH is 1. The summed E-state index contributed by atoms with van der Waals surface area (Å²) in [6, 6.07) is 0. The van der Waals surface area contributed by atoms with E-state index in [1.165, 1.54) is 161 Å². The normalized spacial score (nSPS) is 14.5. The van der Waals surface area contributed by atoms with Gasteiger partial charge in [-0.25, -0.2) is 9.13 Å². The predicted octanol–water partition coefficient (Wildman–Crippen LogP) is 23.8. The zero-order valence-electron chi connectivity index (χ0n) is 65.2. The Labute approximate surface area is 617 Å². The molecule has 17 nitrogen and oxygen atoms in total. The molecule has 592 valence electrons. The first-order valence-corrected chi connectivity index (χ1v) is 44.2. The highest BCUT2D eigenvalue weighted by Crippen LogP contribution is 2.45. The molecule has 0 spiro atoms. The molecule has 0 saturated heterocycles. The van der Waals surface area contributed by atoms with Crippen LogP contribution in [0.2, 0.25) is 0 Å². The molecule has 0 heterocycles. The fourth-order valence-corrected chi connectivity index (χ4v) is 13.2. The fraction of sp³-hybridized carbons (Fsp3) is 0.854. The van der Waals surface area contributed by atoms with Crippen LogP contribution in [-0.4, -0.2) is 96.7 Å². The first-order valence-electron chi connectivity index (χ1n) is 41.2. The van der Waals surface area contributed by atoms with Crippen LogP contribution >= 0.6 is 15.6 Å². The molecule has 0 aromatic carbocycles. The highest BCUT2D eigenvalue weighted by molar-refractivity contribution is 7.47. The van der Waals surface area contributed by atoms with Crippen LogP contribution in [0.5, 0.6) is 0 Å². The van der Waals surface area contributed by atoms with Gasteiger partial charge < -0.3 is 33.8 Å². The van der Waals surface area contributed by atoms with Crippen molar-refractivity contribution in [2.45, 2.75) is 400 Å². The van der Waals surface area contributed by atoms with E-state index in [1.807, 2.05) is 0 Å². The van der Waals surface area contributed by atoms with Crippen molar-refractivity contribution in [3.05, 3.63) is 48.6 Å². The van der Waals surface area contributed by atoms with Crippen molar-refractivity contribution in [1.82, 2.24) is 0 Å². The molecule has 0 bridgehead atoms. The van der Waals surface area contributed by atoms with Crippen LogP contribution < -0.4 is 0 Å². The standard InChI is InChI=1S/C82H152O17P2/c1-7-10-12-14-16-18-20-22-28-33-37-41-45-52-58-64-79(84)92-70-77(98-81(86)66-61-55-47-43-39-35-31-27-25-24-26-30-32-36-40-44-51-57-63-75(6)9-3)72-96-100(88,89)94-68-76(83)69-95-101(90,91)97-73-78(71-93-80(85)65-59-53-49-48-50-56-62-74(4)5)99-82(87)67-60-54-46-42-38-34-29-23-21-19-17-15-13-11-8-2/h18-23,28-29,74-78,83H,7-17,24-27,30-73H2,1-6H3,(H,88,89)(H,90,91)/b20-18-,21-19-,28-22-,29-23-/t75?,76-,77-,78-/m1/s1. The van der Waals surface area contributed by atoms with E-state index in [0.717, 1.165) is 134 Å². The van der Waals surface area contributed by atoms with Crippen molar-refractivity contribution < 1.29 is 80.2 Å². The molecule has 19 heteroatoms.